The van der Waals surface area contributed by atoms with E-state index in [4.69, 9.17) is 9.15 Å². The molecule has 0 saturated heterocycles. The van der Waals surface area contributed by atoms with Crippen LogP contribution < -0.4 is 4.74 Å². The molecule has 3 aromatic carbocycles. The minimum Gasteiger partial charge on any atom is -0.493 e. The highest BCUT2D eigenvalue weighted by Gasteiger charge is 2.31. The van der Waals surface area contributed by atoms with Gasteiger partial charge in [0.2, 0.25) is 0 Å². The highest BCUT2D eigenvalue weighted by molar-refractivity contribution is 6.13. The van der Waals surface area contributed by atoms with Gasteiger partial charge in [0.05, 0.1) is 12.3 Å². The Morgan fingerprint density at radius 2 is 1.45 bits per heavy atom. The van der Waals surface area contributed by atoms with Gasteiger partial charge >= 0.3 is 0 Å². The topological polar surface area (TPSA) is 35.3 Å². The van der Waals surface area contributed by atoms with Crippen LogP contribution in [0.2, 0.25) is 0 Å². The first-order chi connectivity index (χ1) is 15.1. The molecule has 6 rings (SSSR count). The van der Waals surface area contributed by atoms with Crippen molar-refractivity contribution in [3.05, 3.63) is 84.6 Å². The van der Waals surface area contributed by atoms with Crippen molar-refractivity contribution < 1.29 is 9.15 Å². The van der Waals surface area contributed by atoms with Crippen molar-refractivity contribution in [2.45, 2.75) is 25.7 Å². The SMILES string of the molecule is CC1(C)CCOc2c(-c3cccc4c3oc3c(-c5ccccn5)cccc34)cccc21. The number of hydrogen-bond donors (Lipinski definition) is 0. The molecule has 1 aliphatic heterocycles. The molecule has 3 heteroatoms. The predicted octanol–water partition coefficient (Wildman–Crippen LogP) is 7.38. The van der Waals surface area contributed by atoms with Gasteiger partial charge in [-0.05, 0) is 30.0 Å². The third-order valence-corrected chi connectivity index (χ3v) is 6.47. The van der Waals surface area contributed by atoms with Crippen molar-refractivity contribution in [3.63, 3.8) is 0 Å². The molecule has 0 radical (unpaired) electrons. The fraction of sp³-hybridized carbons (Fsp3) is 0.179. The molecule has 0 N–H and O–H groups in total. The zero-order valence-corrected chi connectivity index (χ0v) is 17.7. The predicted molar refractivity (Wildman–Crippen MR) is 126 cm³/mol. The summed E-state index contributed by atoms with van der Waals surface area (Å²) in [5.74, 6) is 0.983. The molecule has 152 valence electrons. The molecule has 0 fully saturated rings. The van der Waals surface area contributed by atoms with Crippen molar-refractivity contribution in [2.75, 3.05) is 6.61 Å². The van der Waals surface area contributed by atoms with Gasteiger partial charge in [-0.1, -0.05) is 68.4 Å². The van der Waals surface area contributed by atoms with E-state index < -0.39 is 0 Å². The van der Waals surface area contributed by atoms with Crippen LogP contribution >= 0.6 is 0 Å². The van der Waals surface area contributed by atoms with Crippen LogP contribution in [0.3, 0.4) is 0 Å². The van der Waals surface area contributed by atoms with Crippen LogP contribution in [0.1, 0.15) is 25.8 Å². The number of rotatable bonds is 2. The summed E-state index contributed by atoms with van der Waals surface area (Å²) in [6.07, 6.45) is 2.84. The fourth-order valence-electron chi connectivity index (χ4n) is 4.74. The van der Waals surface area contributed by atoms with Gasteiger partial charge in [-0.25, -0.2) is 0 Å². The lowest BCUT2D eigenvalue weighted by molar-refractivity contribution is 0.235. The number of aromatic nitrogens is 1. The highest BCUT2D eigenvalue weighted by atomic mass is 16.5. The van der Waals surface area contributed by atoms with Crippen LogP contribution in [0.25, 0.3) is 44.3 Å². The average Bonchev–Trinajstić information content (AvgIpc) is 3.18. The van der Waals surface area contributed by atoms with E-state index in [9.17, 15) is 0 Å². The first-order valence-electron chi connectivity index (χ1n) is 10.8. The molecule has 5 aromatic rings. The first kappa shape index (κ1) is 18.2. The molecule has 2 aromatic heterocycles. The molecule has 1 aliphatic rings. The molecule has 0 aliphatic carbocycles. The summed E-state index contributed by atoms with van der Waals surface area (Å²) < 4.78 is 12.8. The van der Waals surface area contributed by atoms with Crippen LogP contribution in [0.4, 0.5) is 0 Å². The van der Waals surface area contributed by atoms with Gasteiger partial charge < -0.3 is 9.15 Å². The lowest BCUT2D eigenvalue weighted by Crippen LogP contribution is -2.26. The smallest absolute Gasteiger partial charge is 0.144 e. The van der Waals surface area contributed by atoms with E-state index in [0.717, 1.165) is 63.1 Å². The van der Waals surface area contributed by atoms with E-state index >= 15 is 0 Å². The molecule has 0 saturated carbocycles. The summed E-state index contributed by atoms with van der Waals surface area (Å²) in [4.78, 5) is 4.54. The van der Waals surface area contributed by atoms with Gasteiger partial charge in [0.25, 0.3) is 0 Å². The number of para-hydroxylation sites is 3. The Hall–Kier alpha value is -3.59. The monoisotopic (exact) mass is 405 g/mol. The molecule has 3 heterocycles. The van der Waals surface area contributed by atoms with Gasteiger partial charge in [-0.2, -0.15) is 0 Å². The molecular weight excluding hydrogens is 382 g/mol. The first-order valence-corrected chi connectivity index (χ1v) is 10.8. The van der Waals surface area contributed by atoms with E-state index in [1.165, 1.54) is 5.56 Å². The number of fused-ring (bicyclic) bond motifs is 4. The average molecular weight is 405 g/mol. The number of benzene rings is 3. The third kappa shape index (κ3) is 2.77. The normalized spacial score (nSPS) is 15.0. The second kappa shape index (κ2) is 6.71. The Bertz CT molecular complexity index is 1430. The Balaban J connectivity index is 1.64. The van der Waals surface area contributed by atoms with Crippen LogP contribution in [-0.4, -0.2) is 11.6 Å². The summed E-state index contributed by atoms with van der Waals surface area (Å²) >= 11 is 0. The van der Waals surface area contributed by atoms with Crippen LogP contribution in [-0.2, 0) is 5.41 Å². The van der Waals surface area contributed by atoms with Crippen LogP contribution in [0.15, 0.2) is 83.4 Å². The van der Waals surface area contributed by atoms with Crippen LogP contribution in [0, 0.1) is 0 Å². The van der Waals surface area contributed by atoms with Gasteiger partial charge in [-0.3, -0.25) is 4.98 Å². The van der Waals surface area contributed by atoms with Gasteiger partial charge in [-0.15, -0.1) is 0 Å². The maximum Gasteiger partial charge on any atom is 0.144 e. The molecular formula is C28H23NO2. The van der Waals surface area contributed by atoms with Gasteiger partial charge in [0.15, 0.2) is 0 Å². The molecule has 0 bridgehead atoms. The second-order valence-electron chi connectivity index (χ2n) is 8.85. The van der Waals surface area contributed by atoms with Crippen LogP contribution in [0.5, 0.6) is 5.75 Å². The van der Waals surface area contributed by atoms with E-state index in [2.05, 4.69) is 73.4 Å². The maximum atomic E-state index is 6.57. The van der Waals surface area contributed by atoms with E-state index in [1.54, 1.807) is 0 Å². The van der Waals surface area contributed by atoms with Crippen molar-refractivity contribution in [3.8, 4) is 28.1 Å². The van der Waals surface area contributed by atoms with Crippen molar-refractivity contribution >= 4 is 21.9 Å². The number of ether oxygens (including phenoxy) is 1. The largest absolute Gasteiger partial charge is 0.493 e. The number of nitrogens with zero attached hydrogens (tertiary/aromatic N) is 1. The summed E-state index contributed by atoms with van der Waals surface area (Å²) in [6, 6.07) is 25.1. The maximum absolute atomic E-state index is 6.57. The molecule has 0 atom stereocenters. The quantitative estimate of drug-likeness (QED) is 0.307. The minimum atomic E-state index is 0.0948. The van der Waals surface area contributed by atoms with Crippen molar-refractivity contribution in [1.82, 2.24) is 4.98 Å². The highest BCUT2D eigenvalue weighted by Crippen LogP contribution is 2.46. The standard InChI is InChI=1S/C28H23NO2/c1-28(2)15-17-30-27-21(11-7-13-23(27)28)20-9-5-8-18-19-10-6-12-22(26(19)31-25(18)20)24-14-3-4-16-29-24/h3-14,16H,15,17H2,1-2H3. The van der Waals surface area contributed by atoms with Gasteiger partial charge in [0, 0.05) is 39.2 Å². The molecule has 0 unspecified atom stereocenters. The zero-order chi connectivity index (χ0) is 21.0. The van der Waals surface area contributed by atoms with Crippen molar-refractivity contribution in [2.24, 2.45) is 0 Å². The summed E-state index contributed by atoms with van der Waals surface area (Å²) in [5, 5.41) is 2.21. The Morgan fingerprint density at radius 1 is 0.742 bits per heavy atom. The Kier molecular flexibility index (Phi) is 3.94. The molecule has 3 nitrogen and oxygen atoms in total. The fourth-order valence-corrected chi connectivity index (χ4v) is 4.74. The summed E-state index contributed by atoms with van der Waals surface area (Å²) in [5.41, 5.74) is 7.19. The molecule has 0 spiro atoms. The second-order valence-corrected chi connectivity index (χ2v) is 8.85. The van der Waals surface area contributed by atoms with Crippen molar-refractivity contribution in [1.29, 1.82) is 0 Å². The Labute approximate surface area is 181 Å². The number of pyridine rings is 1. The van der Waals surface area contributed by atoms with E-state index in [-0.39, 0.29) is 5.41 Å². The minimum absolute atomic E-state index is 0.0948. The number of hydrogen-bond acceptors (Lipinski definition) is 3. The van der Waals surface area contributed by atoms with E-state index in [1.807, 2.05) is 24.4 Å². The summed E-state index contributed by atoms with van der Waals surface area (Å²) in [7, 11) is 0. The lowest BCUT2D eigenvalue weighted by Gasteiger charge is -2.33. The summed E-state index contributed by atoms with van der Waals surface area (Å²) in [6.45, 7) is 5.31. The Morgan fingerprint density at radius 3 is 2.23 bits per heavy atom. The third-order valence-electron chi connectivity index (χ3n) is 6.47. The molecule has 31 heavy (non-hydrogen) atoms. The lowest BCUT2D eigenvalue weighted by atomic mass is 9.78. The van der Waals surface area contributed by atoms with Gasteiger partial charge in [0.1, 0.15) is 16.9 Å². The van der Waals surface area contributed by atoms with E-state index in [0.29, 0.717) is 0 Å². The zero-order valence-electron chi connectivity index (χ0n) is 17.7. The molecule has 0 amide bonds. The number of furan rings is 1.